The number of pyridine rings is 1. The molecule has 4 aromatic rings. The molecule has 0 aliphatic carbocycles. The van der Waals surface area contributed by atoms with Crippen LogP contribution in [0.1, 0.15) is 24.2 Å². The first-order valence-corrected chi connectivity index (χ1v) is 10.7. The summed E-state index contributed by atoms with van der Waals surface area (Å²) in [5.41, 5.74) is 1.67. The first-order chi connectivity index (χ1) is 16.4. The van der Waals surface area contributed by atoms with E-state index >= 15 is 0 Å². The molecule has 0 aliphatic heterocycles. The molecule has 176 valence electrons. The Kier molecular flexibility index (Phi) is 6.58. The number of carbonyl (C=O) groups is 1. The number of ether oxygens (including phenoxy) is 3. The molecule has 3 aromatic heterocycles. The minimum absolute atomic E-state index is 0.0993. The monoisotopic (exact) mass is 464 g/mol. The van der Waals surface area contributed by atoms with Gasteiger partial charge < -0.3 is 14.2 Å². The van der Waals surface area contributed by atoms with E-state index in [1.807, 2.05) is 19.1 Å². The van der Waals surface area contributed by atoms with E-state index in [1.165, 1.54) is 35.6 Å². The van der Waals surface area contributed by atoms with Crippen LogP contribution in [0, 0.1) is 6.92 Å². The van der Waals surface area contributed by atoms with Crippen molar-refractivity contribution in [2.24, 2.45) is 0 Å². The second-order valence-electron chi connectivity index (χ2n) is 7.68. The average molecular weight is 464 g/mol. The van der Waals surface area contributed by atoms with Gasteiger partial charge in [-0.15, -0.1) is 0 Å². The smallest absolute Gasteiger partial charge is 0.306 e. The van der Waals surface area contributed by atoms with Gasteiger partial charge in [0.15, 0.2) is 11.5 Å². The van der Waals surface area contributed by atoms with E-state index in [0.717, 1.165) is 5.69 Å². The van der Waals surface area contributed by atoms with Gasteiger partial charge in [-0.05, 0) is 31.5 Å². The van der Waals surface area contributed by atoms with Crippen molar-refractivity contribution in [2.45, 2.75) is 32.9 Å². The van der Waals surface area contributed by atoms with Crippen molar-refractivity contribution in [2.75, 3.05) is 14.2 Å². The Morgan fingerprint density at radius 2 is 1.82 bits per heavy atom. The predicted molar refractivity (Wildman–Crippen MR) is 124 cm³/mol. The molecular weight excluding hydrogens is 440 g/mol. The highest BCUT2D eigenvalue weighted by atomic mass is 16.5. The minimum atomic E-state index is -0.445. The molecule has 0 saturated heterocycles. The molecule has 3 heterocycles. The van der Waals surface area contributed by atoms with Crippen LogP contribution in [0.2, 0.25) is 0 Å². The zero-order valence-corrected chi connectivity index (χ0v) is 19.1. The third kappa shape index (κ3) is 4.61. The summed E-state index contributed by atoms with van der Waals surface area (Å²) in [6.07, 6.45) is 1.92. The first-order valence-electron chi connectivity index (χ1n) is 10.7. The summed E-state index contributed by atoms with van der Waals surface area (Å²) in [4.78, 5) is 46.0. The lowest BCUT2D eigenvalue weighted by atomic mass is 10.2. The highest BCUT2D eigenvalue weighted by Gasteiger charge is 2.12. The van der Waals surface area contributed by atoms with Crippen molar-refractivity contribution < 1.29 is 19.0 Å². The molecule has 10 nitrogen and oxygen atoms in total. The van der Waals surface area contributed by atoms with Gasteiger partial charge in [0.1, 0.15) is 12.3 Å². The molecule has 34 heavy (non-hydrogen) atoms. The molecule has 10 heteroatoms. The number of methoxy groups -OCH3 is 2. The number of fused-ring (bicyclic) bond motifs is 2. The van der Waals surface area contributed by atoms with Crippen molar-refractivity contribution in [1.82, 2.24) is 18.9 Å². The summed E-state index contributed by atoms with van der Waals surface area (Å²) < 4.78 is 18.7. The molecule has 0 spiro atoms. The van der Waals surface area contributed by atoms with E-state index in [4.69, 9.17) is 14.2 Å². The second-order valence-corrected chi connectivity index (χ2v) is 7.68. The van der Waals surface area contributed by atoms with E-state index < -0.39 is 5.97 Å². The SMILES string of the molecule is COc1cc2ncn(CCCC(=O)OCc3cc(=O)n4c(C)cccc4n3)c(=O)c2cc1OC. The maximum atomic E-state index is 12.8. The third-order valence-electron chi connectivity index (χ3n) is 5.42. The maximum Gasteiger partial charge on any atom is 0.306 e. The van der Waals surface area contributed by atoms with Crippen LogP contribution in [0.3, 0.4) is 0 Å². The van der Waals surface area contributed by atoms with Gasteiger partial charge in [-0.25, -0.2) is 9.97 Å². The Labute approximate surface area is 194 Å². The van der Waals surface area contributed by atoms with Crippen molar-refractivity contribution >= 4 is 22.5 Å². The lowest BCUT2D eigenvalue weighted by molar-refractivity contribution is -0.145. The normalized spacial score (nSPS) is 11.0. The largest absolute Gasteiger partial charge is 0.493 e. The average Bonchev–Trinajstić information content (AvgIpc) is 2.83. The number of aromatic nitrogens is 4. The number of benzene rings is 1. The molecule has 0 amide bonds. The van der Waals surface area contributed by atoms with Crippen molar-refractivity contribution in [3.63, 3.8) is 0 Å². The van der Waals surface area contributed by atoms with Gasteiger partial charge in [-0.2, -0.15) is 0 Å². The quantitative estimate of drug-likeness (QED) is 0.365. The van der Waals surface area contributed by atoms with Gasteiger partial charge in [0.2, 0.25) is 0 Å². The summed E-state index contributed by atoms with van der Waals surface area (Å²) >= 11 is 0. The number of hydrogen-bond donors (Lipinski definition) is 0. The molecule has 0 radical (unpaired) electrons. The molecule has 0 unspecified atom stereocenters. The number of carbonyl (C=O) groups excluding carboxylic acids is 1. The van der Waals surface area contributed by atoms with E-state index in [0.29, 0.717) is 46.7 Å². The second kappa shape index (κ2) is 9.74. The fraction of sp³-hybridized carbons (Fsp3) is 0.292. The van der Waals surface area contributed by atoms with Crippen molar-refractivity contribution in [3.8, 4) is 11.5 Å². The van der Waals surface area contributed by atoms with E-state index in [2.05, 4.69) is 9.97 Å². The van der Waals surface area contributed by atoms with Crippen LogP contribution in [0.5, 0.6) is 11.5 Å². The van der Waals surface area contributed by atoms with Gasteiger partial charge in [-0.3, -0.25) is 23.4 Å². The van der Waals surface area contributed by atoms with Crippen molar-refractivity contribution in [3.05, 3.63) is 74.8 Å². The third-order valence-corrected chi connectivity index (χ3v) is 5.42. The zero-order valence-electron chi connectivity index (χ0n) is 19.1. The Hall–Kier alpha value is -4.21. The lowest BCUT2D eigenvalue weighted by Gasteiger charge is -2.10. The van der Waals surface area contributed by atoms with Crippen LogP contribution in [-0.2, 0) is 22.7 Å². The molecule has 1 aromatic carbocycles. The summed E-state index contributed by atoms with van der Waals surface area (Å²) in [6.45, 7) is 2.01. The minimum Gasteiger partial charge on any atom is -0.493 e. The van der Waals surface area contributed by atoms with Crippen LogP contribution >= 0.6 is 0 Å². The number of hydrogen-bond acceptors (Lipinski definition) is 8. The predicted octanol–water partition coefficient (Wildman–Crippen LogP) is 2.25. The molecule has 4 rings (SSSR count). The molecule has 0 N–H and O–H groups in total. The van der Waals surface area contributed by atoms with E-state index in [-0.39, 0.29) is 24.1 Å². The maximum absolute atomic E-state index is 12.8. The van der Waals surface area contributed by atoms with Crippen LogP contribution in [0.4, 0.5) is 0 Å². The van der Waals surface area contributed by atoms with Gasteiger partial charge >= 0.3 is 5.97 Å². The molecule has 0 aliphatic rings. The first kappa shape index (κ1) is 23.0. The van der Waals surface area contributed by atoms with Gasteiger partial charge in [0.05, 0.1) is 37.1 Å². The lowest BCUT2D eigenvalue weighted by Crippen LogP contribution is -2.21. The van der Waals surface area contributed by atoms with Gasteiger partial charge in [-0.1, -0.05) is 6.07 Å². The summed E-state index contributed by atoms with van der Waals surface area (Å²) in [6, 6.07) is 9.94. The Bertz CT molecular complexity index is 1490. The number of nitrogens with zero attached hydrogens (tertiary/aromatic N) is 4. The highest BCUT2D eigenvalue weighted by Crippen LogP contribution is 2.29. The van der Waals surface area contributed by atoms with Gasteiger partial charge in [0.25, 0.3) is 11.1 Å². The van der Waals surface area contributed by atoms with Crippen LogP contribution < -0.4 is 20.6 Å². The summed E-state index contributed by atoms with van der Waals surface area (Å²) in [5.74, 6) is 0.480. The standard InChI is InChI=1S/C24H24N4O6/c1-15-6-4-7-21-26-16(10-22(29)28(15)21)13-34-23(30)8-5-9-27-14-25-18-12-20(33-3)19(32-2)11-17(18)24(27)31/h4,6-7,10-12,14H,5,8-9,13H2,1-3H3. The van der Waals surface area contributed by atoms with Crippen LogP contribution in [-0.4, -0.2) is 39.1 Å². The Morgan fingerprint density at radius 3 is 2.59 bits per heavy atom. The summed E-state index contributed by atoms with van der Waals surface area (Å²) in [7, 11) is 3.01. The Morgan fingerprint density at radius 1 is 1.06 bits per heavy atom. The van der Waals surface area contributed by atoms with Crippen LogP contribution in [0.15, 0.2) is 52.3 Å². The topological polar surface area (TPSA) is 114 Å². The van der Waals surface area contributed by atoms with E-state index in [1.54, 1.807) is 18.2 Å². The van der Waals surface area contributed by atoms with Gasteiger partial charge in [0, 0.05) is 30.8 Å². The fourth-order valence-electron chi connectivity index (χ4n) is 3.70. The number of aryl methyl sites for hydroxylation is 2. The summed E-state index contributed by atoms with van der Waals surface area (Å²) in [5, 5.41) is 0.395. The highest BCUT2D eigenvalue weighted by molar-refractivity contribution is 5.81. The zero-order chi connectivity index (χ0) is 24.2. The van der Waals surface area contributed by atoms with E-state index in [9.17, 15) is 14.4 Å². The molecule has 0 fully saturated rings. The fourth-order valence-corrected chi connectivity index (χ4v) is 3.70. The Balaban J connectivity index is 1.38. The molecule has 0 atom stereocenters. The molecule has 0 bridgehead atoms. The van der Waals surface area contributed by atoms with Crippen molar-refractivity contribution in [1.29, 1.82) is 0 Å². The number of rotatable bonds is 8. The number of esters is 1. The molecule has 0 saturated carbocycles. The van der Waals surface area contributed by atoms with Crippen LogP contribution in [0.25, 0.3) is 16.6 Å². The molecular formula is C24H24N4O6.